The lowest BCUT2D eigenvalue weighted by Gasteiger charge is -2.12. The Morgan fingerprint density at radius 1 is 1.08 bits per heavy atom. The maximum atomic E-state index is 12.2. The molecule has 0 aromatic heterocycles. The van der Waals surface area contributed by atoms with Crippen molar-refractivity contribution in [3.63, 3.8) is 0 Å². The van der Waals surface area contributed by atoms with Crippen molar-refractivity contribution in [3.8, 4) is 5.75 Å². The second-order valence-electron chi connectivity index (χ2n) is 6.18. The molecule has 134 valence electrons. The van der Waals surface area contributed by atoms with Gasteiger partial charge in [-0.1, -0.05) is 31.2 Å². The molecule has 0 saturated carbocycles. The predicted molar refractivity (Wildman–Crippen MR) is 103 cm³/mol. The summed E-state index contributed by atoms with van der Waals surface area (Å²) in [6, 6.07) is 14.0. The van der Waals surface area contributed by atoms with Gasteiger partial charge in [0.2, 0.25) is 5.91 Å². The minimum atomic E-state index is 0.0210. The van der Waals surface area contributed by atoms with Gasteiger partial charge in [0.15, 0.2) is 0 Å². The normalized spacial score (nSPS) is 10.5. The first-order chi connectivity index (χ1) is 12.1. The molecule has 25 heavy (non-hydrogen) atoms. The Labute approximate surface area is 150 Å². The van der Waals surface area contributed by atoms with Crippen molar-refractivity contribution in [2.24, 2.45) is 0 Å². The molecule has 0 aliphatic carbocycles. The topological polar surface area (TPSA) is 50.4 Å². The first-order valence-electron chi connectivity index (χ1n) is 8.88. The third-order valence-electron chi connectivity index (χ3n) is 4.15. The summed E-state index contributed by atoms with van der Waals surface area (Å²) < 4.78 is 5.73. The summed E-state index contributed by atoms with van der Waals surface area (Å²) in [5, 5.41) is 6.29. The van der Waals surface area contributed by atoms with E-state index in [4.69, 9.17) is 4.74 Å². The number of ether oxygens (including phenoxy) is 1. The van der Waals surface area contributed by atoms with E-state index < -0.39 is 0 Å². The van der Waals surface area contributed by atoms with Crippen LogP contribution in [0.4, 0.5) is 5.69 Å². The zero-order chi connectivity index (χ0) is 18.1. The maximum absolute atomic E-state index is 12.2. The van der Waals surface area contributed by atoms with Crippen LogP contribution in [0.25, 0.3) is 0 Å². The molecular weight excluding hydrogens is 312 g/mol. The van der Waals surface area contributed by atoms with Crippen molar-refractivity contribution in [2.75, 3.05) is 18.5 Å². The van der Waals surface area contributed by atoms with E-state index >= 15 is 0 Å². The molecule has 0 atom stereocenters. The van der Waals surface area contributed by atoms with E-state index in [0.29, 0.717) is 19.4 Å². The van der Waals surface area contributed by atoms with Crippen molar-refractivity contribution in [2.45, 2.75) is 40.2 Å². The zero-order valence-electron chi connectivity index (χ0n) is 15.4. The summed E-state index contributed by atoms with van der Waals surface area (Å²) in [5.74, 6) is 0.882. The molecule has 0 unspecified atom stereocenters. The molecule has 0 aliphatic heterocycles. The van der Waals surface area contributed by atoms with Gasteiger partial charge in [0.05, 0.1) is 6.61 Å². The van der Waals surface area contributed by atoms with Crippen molar-refractivity contribution in [3.05, 3.63) is 59.2 Å². The molecule has 0 aliphatic rings. The van der Waals surface area contributed by atoms with Crippen LogP contribution >= 0.6 is 0 Å². The predicted octanol–water partition coefficient (Wildman–Crippen LogP) is 4.21. The number of carbonyl (C=O) groups excluding carboxylic acids is 1. The Morgan fingerprint density at radius 3 is 2.64 bits per heavy atom. The van der Waals surface area contributed by atoms with Gasteiger partial charge in [-0.25, -0.2) is 0 Å². The number of anilines is 1. The first kappa shape index (κ1) is 19.0. The van der Waals surface area contributed by atoms with Crippen LogP contribution in [0, 0.1) is 13.8 Å². The standard InChI is InChI=1S/C21H28N2O2/c1-4-22-15-18-8-5-6-9-20(18)23-21(24)10-7-13-25-19-12-11-16(2)17(3)14-19/h5-6,8-9,11-12,14,22H,4,7,10,13,15H2,1-3H3,(H,23,24). The number of nitrogens with one attached hydrogen (secondary N) is 2. The maximum Gasteiger partial charge on any atom is 0.224 e. The lowest BCUT2D eigenvalue weighted by molar-refractivity contribution is -0.116. The fraction of sp³-hybridized carbons (Fsp3) is 0.381. The SMILES string of the molecule is CCNCc1ccccc1NC(=O)CCCOc1ccc(C)c(C)c1. The van der Waals surface area contributed by atoms with Crippen LogP contribution in [0.1, 0.15) is 36.5 Å². The summed E-state index contributed by atoms with van der Waals surface area (Å²) in [6.45, 7) is 8.41. The Hall–Kier alpha value is -2.33. The summed E-state index contributed by atoms with van der Waals surface area (Å²) in [6.07, 6.45) is 1.13. The molecule has 0 heterocycles. The van der Waals surface area contributed by atoms with Gasteiger partial charge in [0.1, 0.15) is 5.75 Å². The van der Waals surface area contributed by atoms with Crippen LogP contribution in [-0.2, 0) is 11.3 Å². The molecule has 2 N–H and O–H groups in total. The average molecular weight is 340 g/mol. The third kappa shape index (κ3) is 6.24. The number of hydrogen-bond donors (Lipinski definition) is 2. The van der Waals surface area contributed by atoms with Gasteiger partial charge in [-0.05, 0) is 61.7 Å². The fourth-order valence-corrected chi connectivity index (χ4v) is 2.50. The molecule has 1 amide bonds. The van der Waals surface area contributed by atoms with Crippen LogP contribution in [0.3, 0.4) is 0 Å². The third-order valence-corrected chi connectivity index (χ3v) is 4.15. The number of aryl methyl sites for hydroxylation is 2. The van der Waals surface area contributed by atoms with Crippen LogP contribution in [-0.4, -0.2) is 19.1 Å². The Balaban J connectivity index is 1.76. The lowest BCUT2D eigenvalue weighted by Crippen LogP contribution is -2.17. The molecular formula is C21H28N2O2. The van der Waals surface area contributed by atoms with Gasteiger partial charge in [0.25, 0.3) is 0 Å². The van der Waals surface area contributed by atoms with E-state index in [9.17, 15) is 4.79 Å². The second kappa shape index (κ2) is 9.84. The van der Waals surface area contributed by atoms with Crippen LogP contribution < -0.4 is 15.4 Å². The average Bonchev–Trinajstić information content (AvgIpc) is 2.61. The van der Waals surface area contributed by atoms with Gasteiger partial charge in [-0.3, -0.25) is 4.79 Å². The van der Waals surface area contributed by atoms with Crippen LogP contribution in [0.15, 0.2) is 42.5 Å². The summed E-state index contributed by atoms with van der Waals surface area (Å²) in [4.78, 5) is 12.2. The van der Waals surface area contributed by atoms with Gasteiger partial charge in [-0.2, -0.15) is 0 Å². The molecule has 2 aromatic carbocycles. The minimum Gasteiger partial charge on any atom is -0.494 e. The second-order valence-corrected chi connectivity index (χ2v) is 6.18. The van der Waals surface area contributed by atoms with E-state index in [2.05, 4.69) is 37.5 Å². The van der Waals surface area contributed by atoms with Crippen molar-refractivity contribution in [1.29, 1.82) is 0 Å². The molecule has 0 spiro atoms. The monoisotopic (exact) mass is 340 g/mol. The Bertz CT molecular complexity index is 698. The molecule has 4 heteroatoms. The molecule has 4 nitrogen and oxygen atoms in total. The summed E-state index contributed by atoms with van der Waals surface area (Å²) >= 11 is 0. The van der Waals surface area contributed by atoms with Crippen LogP contribution in [0.5, 0.6) is 5.75 Å². The van der Waals surface area contributed by atoms with Gasteiger partial charge in [0, 0.05) is 18.7 Å². The van der Waals surface area contributed by atoms with E-state index in [0.717, 1.165) is 30.1 Å². The van der Waals surface area contributed by atoms with Crippen molar-refractivity contribution < 1.29 is 9.53 Å². The van der Waals surface area contributed by atoms with Crippen molar-refractivity contribution in [1.82, 2.24) is 5.32 Å². The van der Waals surface area contributed by atoms with Gasteiger partial charge >= 0.3 is 0 Å². The number of benzene rings is 2. The highest BCUT2D eigenvalue weighted by Crippen LogP contribution is 2.17. The highest BCUT2D eigenvalue weighted by atomic mass is 16.5. The summed E-state index contributed by atoms with van der Waals surface area (Å²) in [7, 11) is 0. The molecule has 0 bridgehead atoms. The highest BCUT2D eigenvalue weighted by Gasteiger charge is 2.06. The van der Waals surface area contributed by atoms with Gasteiger partial charge in [-0.15, -0.1) is 0 Å². The number of carbonyl (C=O) groups is 1. The quantitative estimate of drug-likeness (QED) is 0.672. The number of hydrogen-bond acceptors (Lipinski definition) is 3. The lowest BCUT2D eigenvalue weighted by atomic mass is 10.1. The zero-order valence-corrected chi connectivity index (χ0v) is 15.4. The summed E-state index contributed by atoms with van der Waals surface area (Å²) in [5.41, 5.74) is 4.45. The highest BCUT2D eigenvalue weighted by molar-refractivity contribution is 5.91. The molecule has 0 fully saturated rings. The Kier molecular flexibility index (Phi) is 7.48. The Morgan fingerprint density at radius 2 is 1.88 bits per heavy atom. The molecule has 0 radical (unpaired) electrons. The van der Waals surface area contributed by atoms with E-state index in [1.165, 1.54) is 11.1 Å². The van der Waals surface area contributed by atoms with Crippen molar-refractivity contribution >= 4 is 11.6 Å². The van der Waals surface area contributed by atoms with E-state index in [1.807, 2.05) is 36.4 Å². The number of rotatable bonds is 9. The smallest absolute Gasteiger partial charge is 0.224 e. The first-order valence-corrected chi connectivity index (χ1v) is 8.88. The van der Waals surface area contributed by atoms with Crippen LogP contribution in [0.2, 0.25) is 0 Å². The van der Waals surface area contributed by atoms with Gasteiger partial charge < -0.3 is 15.4 Å². The fourth-order valence-electron chi connectivity index (χ4n) is 2.50. The van der Waals surface area contributed by atoms with E-state index in [-0.39, 0.29) is 5.91 Å². The number of para-hydroxylation sites is 1. The molecule has 0 saturated heterocycles. The van der Waals surface area contributed by atoms with E-state index in [1.54, 1.807) is 0 Å². The molecule has 2 rings (SSSR count). The largest absolute Gasteiger partial charge is 0.494 e. The number of amides is 1. The minimum absolute atomic E-state index is 0.0210. The molecule has 2 aromatic rings.